The Morgan fingerprint density at radius 3 is 2.29 bits per heavy atom. The second-order valence-corrected chi connectivity index (χ2v) is 6.60. The zero-order valence-electron chi connectivity index (χ0n) is 12.3. The van der Waals surface area contributed by atoms with Gasteiger partial charge >= 0.3 is 0 Å². The summed E-state index contributed by atoms with van der Waals surface area (Å²) in [5.74, 6) is 0.205. The molecule has 1 N–H and O–H groups in total. The van der Waals surface area contributed by atoms with Crippen LogP contribution in [0.25, 0.3) is 0 Å². The molecule has 2 aromatic rings. The maximum atomic E-state index is 12.1. The van der Waals surface area contributed by atoms with Crippen LogP contribution in [0, 0.1) is 13.8 Å². The molecule has 0 saturated heterocycles. The molecule has 110 valence electrons. The molecule has 3 nitrogen and oxygen atoms in total. The van der Waals surface area contributed by atoms with E-state index in [4.69, 9.17) is 0 Å². The van der Waals surface area contributed by atoms with E-state index in [9.17, 15) is 9.00 Å². The van der Waals surface area contributed by atoms with Crippen LogP contribution in [0.2, 0.25) is 0 Å². The summed E-state index contributed by atoms with van der Waals surface area (Å²) in [6, 6.07) is 15.3. The summed E-state index contributed by atoms with van der Waals surface area (Å²) < 4.78 is 12.1. The molecule has 0 saturated carbocycles. The number of aryl methyl sites for hydroxylation is 2. The summed E-state index contributed by atoms with van der Waals surface area (Å²) >= 11 is 0. The van der Waals surface area contributed by atoms with Crippen molar-refractivity contribution in [1.29, 1.82) is 0 Å². The molecule has 2 rings (SSSR count). The minimum absolute atomic E-state index is 0.0158. The number of hydrogen-bond donors (Lipinski definition) is 1. The van der Waals surface area contributed by atoms with Crippen LogP contribution in [-0.4, -0.2) is 15.9 Å². The van der Waals surface area contributed by atoms with Gasteiger partial charge in [-0.25, -0.2) is 0 Å². The lowest BCUT2D eigenvalue weighted by atomic mass is 10.1. The Kier molecular flexibility index (Phi) is 5.28. The number of hydrogen-bond acceptors (Lipinski definition) is 2. The molecular weight excluding hydrogens is 282 g/mol. The Morgan fingerprint density at radius 2 is 1.67 bits per heavy atom. The van der Waals surface area contributed by atoms with Crippen LogP contribution in [-0.2, 0) is 21.3 Å². The Bertz CT molecular complexity index is 633. The van der Waals surface area contributed by atoms with Crippen LogP contribution in [0.15, 0.2) is 48.5 Å². The molecule has 1 unspecified atom stereocenters. The van der Waals surface area contributed by atoms with Crippen LogP contribution in [0.1, 0.15) is 16.7 Å². The molecule has 0 spiro atoms. The van der Waals surface area contributed by atoms with Crippen molar-refractivity contribution < 1.29 is 9.00 Å². The van der Waals surface area contributed by atoms with Crippen molar-refractivity contribution in [2.24, 2.45) is 0 Å². The third-order valence-electron chi connectivity index (χ3n) is 2.96. The van der Waals surface area contributed by atoms with E-state index >= 15 is 0 Å². The van der Waals surface area contributed by atoms with Crippen molar-refractivity contribution in [3.63, 3.8) is 0 Å². The fourth-order valence-corrected chi connectivity index (χ4v) is 3.26. The number of nitrogens with one attached hydrogen (secondary N) is 1. The maximum Gasteiger partial charge on any atom is 0.237 e. The average molecular weight is 301 g/mol. The first-order chi connectivity index (χ1) is 10.0. The van der Waals surface area contributed by atoms with Gasteiger partial charge in [-0.15, -0.1) is 0 Å². The molecule has 0 radical (unpaired) electrons. The highest BCUT2D eigenvalue weighted by molar-refractivity contribution is 7.84. The van der Waals surface area contributed by atoms with Crippen molar-refractivity contribution in [1.82, 2.24) is 0 Å². The van der Waals surface area contributed by atoms with Gasteiger partial charge in [0, 0.05) is 22.2 Å². The largest absolute Gasteiger partial charge is 0.325 e. The van der Waals surface area contributed by atoms with Gasteiger partial charge in [0.15, 0.2) is 0 Å². The second kappa shape index (κ2) is 7.18. The molecular formula is C17H19NO2S. The monoisotopic (exact) mass is 301 g/mol. The van der Waals surface area contributed by atoms with Crippen molar-refractivity contribution >= 4 is 22.4 Å². The Morgan fingerprint density at radius 1 is 1.05 bits per heavy atom. The normalized spacial score (nSPS) is 11.9. The Hall–Kier alpha value is -1.94. The zero-order chi connectivity index (χ0) is 15.2. The number of carbonyl (C=O) groups excluding carboxylic acids is 1. The zero-order valence-corrected chi connectivity index (χ0v) is 13.1. The van der Waals surface area contributed by atoms with Gasteiger partial charge in [0.05, 0.1) is 0 Å². The molecule has 0 aromatic heterocycles. The van der Waals surface area contributed by atoms with Gasteiger partial charge in [0.1, 0.15) is 5.75 Å². The third kappa shape index (κ3) is 5.16. The summed E-state index contributed by atoms with van der Waals surface area (Å²) in [5.41, 5.74) is 4.04. The summed E-state index contributed by atoms with van der Waals surface area (Å²) in [4.78, 5) is 11.8. The molecule has 0 fully saturated rings. The number of para-hydroxylation sites is 1. The number of anilines is 1. The van der Waals surface area contributed by atoms with E-state index in [-0.39, 0.29) is 11.7 Å². The van der Waals surface area contributed by atoms with E-state index in [1.807, 2.05) is 56.3 Å². The molecule has 0 aliphatic carbocycles. The molecule has 0 bridgehead atoms. The van der Waals surface area contributed by atoms with Crippen molar-refractivity contribution in [3.05, 3.63) is 65.2 Å². The predicted molar refractivity (Wildman–Crippen MR) is 87.7 cm³/mol. The molecule has 1 atom stereocenters. The van der Waals surface area contributed by atoms with Crippen LogP contribution >= 0.6 is 0 Å². The number of amides is 1. The van der Waals surface area contributed by atoms with Crippen LogP contribution in [0.3, 0.4) is 0 Å². The van der Waals surface area contributed by atoms with Gasteiger partial charge < -0.3 is 5.32 Å². The second-order valence-electron chi connectivity index (χ2n) is 5.14. The predicted octanol–water partition coefficient (Wildman–Crippen LogP) is 3.19. The Balaban J connectivity index is 1.91. The lowest BCUT2D eigenvalue weighted by Crippen LogP contribution is -2.20. The maximum absolute atomic E-state index is 12.1. The molecule has 2 aromatic carbocycles. The van der Waals surface area contributed by atoms with E-state index in [0.717, 1.165) is 22.4 Å². The first-order valence-electron chi connectivity index (χ1n) is 6.80. The van der Waals surface area contributed by atoms with Crippen LogP contribution in [0.4, 0.5) is 5.69 Å². The molecule has 0 aliphatic rings. The summed E-state index contributed by atoms with van der Waals surface area (Å²) in [6.45, 7) is 4.03. The van der Waals surface area contributed by atoms with Gasteiger partial charge in [-0.2, -0.15) is 0 Å². The minimum Gasteiger partial charge on any atom is -0.325 e. The van der Waals surface area contributed by atoms with Crippen molar-refractivity contribution in [2.75, 3.05) is 11.1 Å². The third-order valence-corrected chi connectivity index (χ3v) is 4.20. The standard InChI is InChI=1S/C17H19NO2S/c1-13-8-14(2)10-15(9-13)11-21(20)12-17(19)18-16-6-4-3-5-7-16/h3-10H,11-12H2,1-2H3,(H,18,19). The SMILES string of the molecule is Cc1cc(C)cc(CS(=O)CC(=O)Nc2ccccc2)c1. The lowest BCUT2D eigenvalue weighted by molar-refractivity contribution is -0.113. The molecule has 21 heavy (non-hydrogen) atoms. The topological polar surface area (TPSA) is 46.2 Å². The fraction of sp³-hybridized carbons (Fsp3) is 0.235. The van der Waals surface area contributed by atoms with Gasteiger partial charge in [-0.3, -0.25) is 9.00 Å². The van der Waals surface area contributed by atoms with Gasteiger partial charge in [-0.05, 0) is 31.5 Å². The average Bonchev–Trinajstić information content (AvgIpc) is 2.37. The minimum atomic E-state index is -1.20. The number of benzene rings is 2. The highest BCUT2D eigenvalue weighted by atomic mass is 32.2. The summed E-state index contributed by atoms with van der Waals surface area (Å²) in [6.07, 6.45) is 0. The summed E-state index contributed by atoms with van der Waals surface area (Å²) in [7, 11) is -1.20. The number of rotatable bonds is 5. The fourth-order valence-electron chi connectivity index (χ4n) is 2.25. The highest BCUT2D eigenvalue weighted by Gasteiger charge is 2.09. The Labute approximate surface area is 127 Å². The van der Waals surface area contributed by atoms with E-state index in [1.54, 1.807) is 0 Å². The first kappa shape index (κ1) is 15.4. The first-order valence-corrected chi connectivity index (χ1v) is 8.29. The van der Waals surface area contributed by atoms with Crippen molar-refractivity contribution in [2.45, 2.75) is 19.6 Å². The summed E-state index contributed by atoms with van der Waals surface area (Å²) in [5, 5.41) is 2.75. The van der Waals surface area contributed by atoms with Gasteiger partial charge in [-0.1, -0.05) is 47.5 Å². The quantitative estimate of drug-likeness (QED) is 0.922. The van der Waals surface area contributed by atoms with Crippen LogP contribution < -0.4 is 5.32 Å². The van der Waals surface area contributed by atoms with E-state index in [2.05, 4.69) is 11.4 Å². The number of carbonyl (C=O) groups is 1. The lowest BCUT2D eigenvalue weighted by Gasteiger charge is -2.07. The van der Waals surface area contributed by atoms with Gasteiger partial charge in [0.2, 0.25) is 5.91 Å². The van der Waals surface area contributed by atoms with E-state index < -0.39 is 10.8 Å². The highest BCUT2D eigenvalue weighted by Crippen LogP contribution is 2.11. The van der Waals surface area contributed by atoms with E-state index in [0.29, 0.717) is 5.75 Å². The molecule has 0 heterocycles. The molecule has 0 aliphatic heterocycles. The molecule has 4 heteroatoms. The van der Waals surface area contributed by atoms with E-state index in [1.165, 1.54) is 0 Å². The van der Waals surface area contributed by atoms with Gasteiger partial charge in [0.25, 0.3) is 0 Å². The van der Waals surface area contributed by atoms with Crippen molar-refractivity contribution in [3.8, 4) is 0 Å². The van der Waals surface area contributed by atoms with Crippen LogP contribution in [0.5, 0.6) is 0 Å². The smallest absolute Gasteiger partial charge is 0.237 e. The molecule has 1 amide bonds.